The van der Waals surface area contributed by atoms with Gasteiger partial charge in [-0.05, 0) is 42.0 Å². The number of imidazole rings is 1. The van der Waals surface area contributed by atoms with Gasteiger partial charge in [0.1, 0.15) is 5.82 Å². The van der Waals surface area contributed by atoms with Crippen molar-refractivity contribution in [1.29, 1.82) is 0 Å². The number of morpholine rings is 1. The van der Waals surface area contributed by atoms with E-state index >= 15 is 0 Å². The molecular weight excluding hydrogens is 475 g/mol. The first-order chi connectivity index (χ1) is 18.2. The van der Waals surface area contributed by atoms with Gasteiger partial charge in [0.2, 0.25) is 0 Å². The lowest BCUT2D eigenvalue weighted by Crippen LogP contribution is -2.35. The Kier molecular flexibility index (Phi) is 6.21. The van der Waals surface area contributed by atoms with Gasteiger partial charge in [-0.3, -0.25) is 10.00 Å². The van der Waals surface area contributed by atoms with Crippen LogP contribution in [0.25, 0.3) is 33.9 Å². The first-order valence-corrected chi connectivity index (χ1v) is 11.9. The van der Waals surface area contributed by atoms with Gasteiger partial charge in [0, 0.05) is 31.4 Å². The van der Waals surface area contributed by atoms with E-state index < -0.39 is 0 Å². The SMILES string of the molecule is COc1cnc(-c2ccc(F)cc2)nc1Nc1c[nH]nc1-c1nc2cc(CN3CCOCC3)ccc2[nH]1. The van der Waals surface area contributed by atoms with Crippen LogP contribution in [0.4, 0.5) is 15.9 Å². The number of fused-ring (bicyclic) bond motifs is 1. The van der Waals surface area contributed by atoms with E-state index in [1.54, 1.807) is 31.6 Å². The topological polar surface area (TPSA) is 117 Å². The minimum Gasteiger partial charge on any atom is -0.491 e. The minimum absolute atomic E-state index is 0.322. The standard InChI is InChI=1S/C26H25FN8O2/c1-36-22-14-28-24(17-3-5-18(27)6-4-17)33-25(22)32-21-13-29-34-23(21)26-30-19-7-2-16(12-20(19)31-26)15-35-8-10-37-11-9-35/h2-7,12-14H,8-11,15H2,1H3,(H,29,34)(H,30,31)(H,28,32,33). The summed E-state index contributed by atoms with van der Waals surface area (Å²) in [6, 6.07) is 12.3. The zero-order valence-corrected chi connectivity index (χ0v) is 20.2. The van der Waals surface area contributed by atoms with Gasteiger partial charge < -0.3 is 19.8 Å². The summed E-state index contributed by atoms with van der Waals surface area (Å²) in [4.78, 5) is 19.5. The molecule has 11 heteroatoms. The Hall–Kier alpha value is -4.35. The highest BCUT2D eigenvalue weighted by molar-refractivity contribution is 5.83. The molecule has 5 aromatic rings. The molecule has 1 aliphatic heterocycles. The van der Waals surface area contributed by atoms with Gasteiger partial charge in [-0.1, -0.05) is 6.07 Å². The van der Waals surface area contributed by atoms with Crippen LogP contribution in [-0.2, 0) is 11.3 Å². The van der Waals surface area contributed by atoms with E-state index in [0.717, 1.165) is 43.9 Å². The number of nitrogens with zero attached hydrogens (tertiary/aromatic N) is 5. The summed E-state index contributed by atoms with van der Waals surface area (Å²) in [7, 11) is 1.55. The first kappa shape index (κ1) is 23.1. The molecular formula is C26H25FN8O2. The molecule has 1 saturated heterocycles. The average Bonchev–Trinajstić information content (AvgIpc) is 3.56. The highest BCUT2D eigenvalue weighted by Gasteiger charge is 2.18. The van der Waals surface area contributed by atoms with E-state index in [1.807, 2.05) is 6.07 Å². The molecule has 0 saturated carbocycles. The molecule has 37 heavy (non-hydrogen) atoms. The molecule has 4 heterocycles. The molecule has 188 valence electrons. The number of benzene rings is 2. The maximum atomic E-state index is 13.4. The Morgan fingerprint density at radius 1 is 1.11 bits per heavy atom. The molecule has 0 spiro atoms. The van der Waals surface area contributed by atoms with Gasteiger partial charge in [0.25, 0.3) is 0 Å². The van der Waals surface area contributed by atoms with Crippen molar-refractivity contribution in [3.8, 4) is 28.7 Å². The number of hydrogen-bond acceptors (Lipinski definition) is 8. The fourth-order valence-corrected chi connectivity index (χ4v) is 4.32. The van der Waals surface area contributed by atoms with Crippen LogP contribution in [0.5, 0.6) is 5.75 Å². The molecule has 2 aromatic carbocycles. The lowest BCUT2D eigenvalue weighted by atomic mass is 10.2. The zero-order valence-electron chi connectivity index (χ0n) is 20.2. The number of rotatable bonds is 7. The monoisotopic (exact) mass is 500 g/mol. The van der Waals surface area contributed by atoms with Gasteiger partial charge in [-0.2, -0.15) is 5.10 Å². The highest BCUT2D eigenvalue weighted by Crippen LogP contribution is 2.32. The predicted octanol–water partition coefficient (Wildman–Crippen LogP) is 4.13. The molecule has 0 bridgehead atoms. The van der Waals surface area contributed by atoms with Crippen molar-refractivity contribution in [3.05, 3.63) is 66.2 Å². The second kappa shape index (κ2) is 9.96. The van der Waals surface area contributed by atoms with Crippen LogP contribution in [0.3, 0.4) is 0 Å². The number of halogens is 1. The number of ether oxygens (including phenoxy) is 2. The van der Waals surface area contributed by atoms with Gasteiger partial charge in [0.05, 0.1) is 43.2 Å². The minimum atomic E-state index is -0.322. The van der Waals surface area contributed by atoms with Crippen molar-refractivity contribution in [2.45, 2.75) is 6.54 Å². The summed E-state index contributed by atoms with van der Waals surface area (Å²) in [5, 5.41) is 10.6. The van der Waals surface area contributed by atoms with E-state index in [4.69, 9.17) is 14.5 Å². The summed E-state index contributed by atoms with van der Waals surface area (Å²) in [6.07, 6.45) is 3.30. The number of hydrogen-bond donors (Lipinski definition) is 3. The van der Waals surface area contributed by atoms with Crippen molar-refractivity contribution < 1.29 is 13.9 Å². The number of aromatic nitrogens is 6. The van der Waals surface area contributed by atoms with E-state index in [9.17, 15) is 4.39 Å². The normalized spacial score (nSPS) is 14.2. The number of aromatic amines is 2. The molecule has 6 rings (SSSR count). The Morgan fingerprint density at radius 2 is 1.95 bits per heavy atom. The van der Waals surface area contributed by atoms with Crippen molar-refractivity contribution in [2.24, 2.45) is 0 Å². The number of H-pyrrole nitrogens is 2. The second-order valence-corrected chi connectivity index (χ2v) is 8.72. The van der Waals surface area contributed by atoms with Gasteiger partial charge in [0.15, 0.2) is 28.9 Å². The fourth-order valence-electron chi connectivity index (χ4n) is 4.32. The molecule has 10 nitrogen and oxygen atoms in total. The summed E-state index contributed by atoms with van der Waals surface area (Å²) < 4.78 is 24.3. The molecule has 0 amide bonds. The summed E-state index contributed by atoms with van der Waals surface area (Å²) >= 11 is 0. The Morgan fingerprint density at radius 3 is 2.76 bits per heavy atom. The molecule has 1 fully saturated rings. The Balaban J connectivity index is 1.28. The van der Waals surface area contributed by atoms with Crippen LogP contribution in [-0.4, -0.2) is 68.4 Å². The summed E-state index contributed by atoms with van der Waals surface area (Å²) in [5.41, 5.74) is 4.95. The number of anilines is 2. The predicted molar refractivity (Wildman–Crippen MR) is 137 cm³/mol. The highest BCUT2D eigenvalue weighted by atomic mass is 19.1. The van der Waals surface area contributed by atoms with Crippen LogP contribution in [0.2, 0.25) is 0 Å². The maximum absolute atomic E-state index is 13.4. The van der Waals surface area contributed by atoms with Crippen LogP contribution >= 0.6 is 0 Å². The van der Waals surface area contributed by atoms with E-state index in [-0.39, 0.29) is 5.82 Å². The van der Waals surface area contributed by atoms with E-state index in [0.29, 0.717) is 40.2 Å². The molecule has 0 unspecified atom stereocenters. The van der Waals surface area contributed by atoms with E-state index in [2.05, 4.69) is 47.5 Å². The third-order valence-electron chi connectivity index (χ3n) is 6.25. The van der Waals surface area contributed by atoms with Crippen molar-refractivity contribution >= 4 is 22.5 Å². The summed E-state index contributed by atoms with van der Waals surface area (Å²) in [6.45, 7) is 4.27. The zero-order chi connectivity index (χ0) is 25.2. The van der Waals surface area contributed by atoms with Gasteiger partial charge >= 0.3 is 0 Å². The lowest BCUT2D eigenvalue weighted by molar-refractivity contribution is 0.0342. The van der Waals surface area contributed by atoms with Gasteiger partial charge in [-0.15, -0.1) is 0 Å². The van der Waals surface area contributed by atoms with Crippen LogP contribution < -0.4 is 10.1 Å². The van der Waals surface area contributed by atoms with Crippen LogP contribution in [0.15, 0.2) is 54.9 Å². The van der Waals surface area contributed by atoms with Crippen molar-refractivity contribution in [1.82, 2.24) is 35.0 Å². The Bertz CT molecular complexity index is 1530. The van der Waals surface area contributed by atoms with Crippen molar-refractivity contribution in [2.75, 3.05) is 38.7 Å². The fraction of sp³-hybridized carbons (Fsp3) is 0.231. The number of methoxy groups -OCH3 is 1. The molecule has 0 atom stereocenters. The van der Waals surface area contributed by atoms with Crippen LogP contribution in [0, 0.1) is 5.82 Å². The molecule has 1 aliphatic rings. The number of nitrogens with one attached hydrogen (secondary N) is 3. The first-order valence-electron chi connectivity index (χ1n) is 11.9. The van der Waals surface area contributed by atoms with Gasteiger partial charge in [-0.25, -0.2) is 19.3 Å². The smallest absolute Gasteiger partial charge is 0.179 e. The maximum Gasteiger partial charge on any atom is 0.179 e. The lowest BCUT2D eigenvalue weighted by Gasteiger charge is -2.26. The third-order valence-corrected chi connectivity index (χ3v) is 6.25. The largest absolute Gasteiger partial charge is 0.491 e. The Labute approximate surface area is 211 Å². The molecule has 3 aromatic heterocycles. The third kappa shape index (κ3) is 4.86. The van der Waals surface area contributed by atoms with Crippen molar-refractivity contribution in [3.63, 3.8) is 0 Å². The van der Waals surface area contributed by atoms with Crippen LogP contribution in [0.1, 0.15) is 5.56 Å². The molecule has 0 radical (unpaired) electrons. The molecule has 3 N–H and O–H groups in total. The molecule has 0 aliphatic carbocycles. The summed E-state index contributed by atoms with van der Waals surface area (Å²) in [5.74, 6) is 1.63. The van der Waals surface area contributed by atoms with E-state index in [1.165, 1.54) is 17.7 Å². The average molecular weight is 501 g/mol. The second-order valence-electron chi connectivity index (χ2n) is 8.72. The quantitative estimate of drug-likeness (QED) is 0.305.